The van der Waals surface area contributed by atoms with E-state index in [1.165, 1.54) is 0 Å². The predicted octanol–water partition coefficient (Wildman–Crippen LogP) is 3.15. The maximum Gasteiger partial charge on any atom is 0.259 e. The number of aryl methyl sites for hydroxylation is 1. The third kappa shape index (κ3) is 3.36. The summed E-state index contributed by atoms with van der Waals surface area (Å²) in [4.78, 5) is 29.7. The molecule has 7 rings (SSSR count). The number of benzene rings is 2. The van der Waals surface area contributed by atoms with E-state index in [4.69, 9.17) is 18.9 Å². The van der Waals surface area contributed by atoms with Crippen LogP contribution in [0.2, 0.25) is 0 Å². The third-order valence-electron chi connectivity index (χ3n) is 7.02. The molecule has 10 nitrogen and oxygen atoms in total. The zero-order valence-electron chi connectivity index (χ0n) is 20.1. The number of nitrogens with zero attached hydrogens (tertiary/aromatic N) is 1. The molecule has 0 saturated carbocycles. The molecular weight excluding hydrogens is 476 g/mol. The Morgan fingerprint density at radius 1 is 0.865 bits per heavy atom. The molecule has 2 amide bonds. The highest BCUT2D eigenvalue weighted by Gasteiger charge is 2.36. The molecule has 0 saturated heterocycles. The summed E-state index contributed by atoms with van der Waals surface area (Å²) in [5.74, 6) is 1.65. The van der Waals surface area contributed by atoms with Crippen LogP contribution in [-0.2, 0) is 16.1 Å². The largest absolute Gasteiger partial charge is 0.454 e. The van der Waals surface area contributed by atoms with E-state index in [1.807, 2.05) is 30.5 Å². The molecule has 2 aromatic heterocycles. The second kappa shape index (κ2) is 8.31. The minimum absolute atomic E-state index is 0.146. The van der Waals surface area contributed by atoms with Gasteiger partial charge in [0, 0.05) is 58.5 Å². The van der Waals surface area contributed by atoms with Gasteiger partial charge in [0.2, 0.25) is 13.6 Å². The summed E-state index contributed by atoms with van der Waals surface area (Å²) in [6.45, 7) is 4.88. The Morgan fingerprint density at radius 3 is 2.24 bits per heavy atom. The lowest BCUT2D eigenvalue weighted by Gasteiger charge is -2.06. The molecule has 0 unspecified atom stereocenters. The van der Waals surface area contributed by atoms with Crippen molar-refractivity contribution in [2.24, 2.45) is 0 Å². The zero-order chi connectivity index (χ0) is 25.1. The van der Waals surface area contributed by atoms with Gasteiger partial charge in [-0.15, -0.1) is 0 Å². The van der Waals surface area contributed by atoms with Crippen molar-refractivity contribution in [2.75, 3.05) is 26.7 Å². The van der Waals surface area contributed by atoms with Gasteiger partial charge in [0.15, 0.2) is 23.0 Å². The molecular formula is C27H24N4O6. The van der Waals surface area contributed by atoms with Crippen molar-refractivity contribution in [3.8, 4) is 23.0 Å². The summed E-state index contributed by atoms with van der Waals surface area (Å²) in [6, 6.07) is 7.51. The summed E-state index contributed by atoms with van der Waals surface area (Å²) < 4.78 is 24.4. The minimum atomic E-state index is -0.438. The average Bonchev–Trinajstić information content (AvgIpc) is 3.70. The molecule has 188 valence electrons. The van der Waals surface area contributed by atoms with E-state index < -0.39 is 11.8 Å². The molecule has 0 bridgehead atoms. The fourth-order valence-corrected chi connectivity index (χ4v) is 5.30. The summed E-state index contributed by atoms with van der Waals surface area (Å²) in [6.07, 6.45) is 4.60. The summed E-state index contributed by atoms with van der Waals surface area (Å²) in [5.41, 5.74) is 3.65. The second-order valence-corrected chi connectivity index (χ2v) is 9.15. The van der Waals surface area contributed by atoms with Crippen molar-refractivity contribution < 1.29 is 28.5 Å². The van der Waals surface area contributed by atoms with Crippen LogP contribution in [0.1, 0.15) is 24.5 Å². The number of hydrogen-bond donors (Lipinski definition) is 3. The molecule has 3 aliphatic heterocycles. The lowest BCUT2D eigenvalue weighted by Crippen LogP contribution is -2.22. The molecule has 0 spiro atoms. The Morgan fingerprint density at radius 2 is 1.51 bits per heavy atom. The minimum Gasteiger partial charge on any atom is -0.454 e. The molecule has 0 fully saturated rings. The smallest absolute Gasteiger partial charge is 0.259 e. The standard InChI is InChI=1S/C27H24N4O6/c1-2-28-4-3-5-31-11-17(15-7-21-23(9-19(15)31)37-13-35-21)25-24(26(32)30-27(25)33)16-10-29-18-8-22-20(6-14(16)18)34-12-36-22/h6-11,28-29H,2-5,12-13H2,1H3,(H,30,32,33). The van der Waals surface area contributed by atoms with E-state index in [0.29, 0.717) is 45.3 Å². The van der Waals surface area contributed by atoms with Gasteiger partial charge in [0.05, 0.1) is 16.7 Å². The van der Waals surface area contributed by atoms with Gasteiger partial charge in [-0.2, -0.15) is 0 Å². The lowest BCUT2D eigenvalue weighted by molar-refractivity contribution is -0.122. The molecule has 10 heteroatoms. The van der Waals surface area contributed by atoms with Gasteiger partial charge in [-0.1, -0.05) is 6.92 Å². The van der Waals surface area contributed by atoms with Crippen LogP contribution in [0.4, 0.5) is 0 Å². The number of fused-ring (bicyclic) bond motifs is 4. The highest BCUT2D eigenvalue weighted by molar-refractivity contribution is 6.50. The number of nitrogens with one attached hydrogen (secondary N) is 3. The van der Waals surface area contributed by atoms with Gasteiger partial charge in [-0.05, 0) is 31.6 Å². The number of H-pyrrole nitrogens is 1. The van der Waals surface area contributed by atoms with Gasteiger partial charge >= 0.3 is 0 Å². The molecule has 4 aromatic rings. The van der Waals surface area contributed by atoms with Crippen molar-refractivity contribution in [1.29, 1.82) is 0 Å². The zero-order valence-corrected chi connectivity index (χ0v) is 20.1. The average molecular weight is 501 g/mol. The maximum atomic E-state index is 13.3. The first kappa shape index (κ1) is 21.8. The van der Waals surface area contributed by atoms with Crippen LogP contribution in [0.3, 0.4) is 0 Å². The molecule has 0 atom stereocenters. The van der Waals surface area contributed by atoms with Gasteiger partial charge in [0.1, 0.15) is 0 Å². The van der Waals surface area contributed by atoms with E-state index in [2.05, 4.69) is 27.1 Å². The lowest BCUT2D eigenvalue weighted by atomic mass is 9.95. The Labute approximate surface area is 211 Å². The molecule has 3 aliphatic rings. The van der Waals surface area contributed by atoms with Gasteiger partial charge in [-0.25, -0.2) is 0 Å². The van der Waals surface area contributed by atoms with E-state index in [-0.39, 0.29) is 13.6 Å². The Bertz CT molecular complexity index is 1650. The number of amides is 2. The van der Waals surface area contributed by atoms with Crippen molar-refractivity contribution in [1.82, 2.24) is 20.2 Å². The Hall–Kier alpha value is -4.44. The fraction of sp³-hybridized carbons (Fsp3) is 0.259. The van der Waals surface area contributed by atoms with Crippen LogP contribution in [0.15, 0.2) is 36.7 Å². The Kier molecular flexibility index (Phi) is 4.90. The highest BCUT2D eigenvalue weighted by atomic mass is 16.7. The van der Waals surface area contributed by atoms with Crippen molar-refractivity contribution in [3.05, 3.63) is 47.8 Å². The molecule has 0 aliphatic carbocycles. The van der Waals surface area contributed by atoms with E-state index >= 15 is 0 Å². The monoisotopic (exact) mass is 500 g/mol. The van der Waals surface area contributed by atoms with Crippen molar-refractivity contribution >= 4 is 44.8 Å². The van der Waals surface area contributed by atoms with Crippen molar-refractivity contribution in [2.45, 2.75) is 19.9 Å². The normalized spacial score (nSPS) is 16.0. The molecule has 3 N–H and O–H groups in total. The second-order valence-electron chi connectivity index (χ2n) is 9.15. The van der Waals surface area contributed by atoms with E-state index in [0.717, 1.165) is 47.9 Å². The number of carbonyl (C=O) groups is 2. The first-order valence-electron chi connectivity index (χ1n) is 12.3. The molecule has 5 heterocycles. The predicted molar refractivity (Wildman–Crippen MR) is 136 cm³/mol. The first-order chi connectivity index (χ1) is 18.1. The van der Waals surface area contributed by atoms with Crippen molar-refractivity contribution in [3.63, 3.8) is 0 Å². The van der Waals surface area contributed by atoms with Crippen LogP contribution in [0.25, 0.3) is 33.0 Å². The number of hydrogen-bond acceptors (Lipinski definition) is 7. The fourth-order valence-electron chi connectivity index (χ4n) is 5.30. The van der Waals surface area contributed by atoms with E-state index in [1.54, 1.807) is 6.20 Å². The Balaban J connectivity index is 1.43. The number of aromatic amines is 1. The van der Waals surface area contributed by atoms with Crippen LogP contribution in [0, 0.1) is 0 Å². The number of carbonyl (C=O) groups excluding carboxylic acids is 2. The quantitative estimate of drug-likeness (QED) is 0.264. The molecule has 2 aromatic carbocycles. The van der Waals surface area contributed by atoms with Gasteiger partial charge in [-0.3, -0.25) is 14.9 Å². The maximum absolute atomic E-state index is 13.3. The van der Waals surface area contributed by atoms with Crippen LogP contribution in [-0.4, -0.2) is 48.0 Å². The summed E-state index contributed by atoms with van der Waals surface area (Å²) in [5, 5.41) is 7.45. The number of rotatable bonds is 7. The third-order valence-corrected chi connectivity index (χ3v) is 7.02. The molecule has 0 radical (unpaired) electrons. The summed E-state index contributed by atoms with van der Waals surface area (Å²) in [7, 11) is 0. The van der Waals surface area contributed by atoms with E-state index in [9.17, 15) is 9.59 Å². The highest BCUT2D eigenvalue weighted by Crippen LogP contribution is 2.44. The SMILES string of the molecule is CCNCCCn1cc(C2=C(c3c[nH]c4cc5c(cc34)OCO5)C(=O)NC2=O)c2cc3c(cc21)OCO3. The number of imide groups is 1. The number of ether oxygens (including phenoxy) is 4. The summed E-state index contributed by atoms with van der Waals surface area (Å²) >= 11 is 0. The first-order valence-corrected chi connectivity index (χ1v) is 12.3. The van der Waals surface area contributed by atoms with Gasteiger partial charge < -0.3 is 33.8 Å². The molecule has 37 heavy (non-hydrogen) atoms. The number of aromatic nitrogens is 2. The van der Waals surface area contributed by atoms with Gasteiger partial charge in [0.25, 0.3) is 11.8 Å². The van der Waals surface area contributed by atoms with Crippen LogP contribution < -0.4 is 29.6 Å². The van der Waals surface area contributed by atoms with Crippen LogP contribution in [0.5, 0.6) is 23.0 Å². The van der Waals surface area contributed by atoms with Crippen LogP contribution >= 0.6 is 0 Å². The topological polar surface area (TPSA) is 116 Å².